The summed E-state index contributed by atoms with van der Waals surface area (Å²) in [5.41, 5.74) is 4.45. The number of carbonyl (C=O) groups is 2. The molecule has 0 spiro atoms. The number of aromatic nitrogens is 1. The first kappa shape index (κ1) is 21.2. The van der Waals surface area contributed by atoms with Crippen LogP contribution in [0.1, 0.15) is 63.6 Å². The summed E-state index contributed by atoms with van der Waals surface area (Å²) in [5.74, 6) is -0.0706. The number of aryl methyl sites for hydroxylation is 1. The van der Waals surface area contributed by atoms with Crippen molar-refractivity contribution in [1.29, 1.82) is 0 Å². The molecule has 1 atom stereocenters. The number of anilines is 1. The van der Waals surface area contributed by atoms with Gasteiger partial charge in [-0.1, -0.05) is 69.4 Å². The third-order valence-electron chi connectivity index (χ3n) is 5.16. The van der Waals surface area contributed by atoms with E-state index in [1.54, 1.807) is 0 Å². The van der Waals surface area contributed by atoms with Crippen LogP contribution in [0.4, 0.5) is 5.13 Å². The van der Waals surface area contributed by atoms with E-state index in [1.165, 1.54) is 29.4 Å². The molecule has 0 aliphatic carbocycles. The number of hydrogen-bond acceptors (Lipinski definition) is 4. The molecule has 5 heteroatoms. The fourth-order valence-corrected chi connectivity index (χ4v) is 4.22. The molecule has 0 aliphatic heterocycles. The summed E-state index contributed by atoms with van der Waals surface area (Å²) in [4.78, 5) is 28.4. The smallest absolute Gasteiger partial charge is 0.223 e. The molecular weight excluding hydrogens is 380 g/mol. The minimum absolute atomic E-state index is 0.136. The van der Waals surface area contributed by atoms with Crippen molar-refractivity contribution in [2.24, 2.45) is 0 Å². The maximum atomic E-state index is 12.8. The highest BCUT2D eigenvalue weighted by Gasteiger charge is 2.17. The van der Waals surface area contributed by atoms with Gasteiger partial charge in [-0.3, -0.25) is 9.59 Å². The Kier molecular flexibility index (Phi) is 6.18. The second-order valence-corrected chi connectivity index (χ2v) is 9.59. The molecule has 4 nitrogen and oxygen atoms in total. The standard InChI is InChI=1S/C24H28N2O2S/c1-15(18-9-12-20-22(14-18)29-23(26-20)25-16(2)27)21(28)13-8-17-6-10-19(11-7-17)24(3,4)5/h6-7,9-12,14-15H,8,13H2,1-5H3,(H,25,26,27). The van der Waals surface area contributed by atoms with Crippen molar-refractivity contribution >= 4 is 38.4 Å². The van der Waals surface area contributed by atoms with Crippen molar-refractivity contribution in [2.45, 2.75) is 58.8 Å². The van der Waals surface area contributed by atoms with E-state index in [-0.39, 0.29) is 23.0 Å². The molecule has 3 rings (SSSR count). The van der Waals surface area contributed by atoms with Crippen molar-refractivity contribution in [3.63, 3.8) is 0 Å². The van der Waals surface area contributed by atoms with Gasteiger partial charge < -0.3 is 5.32 Å². The summed E-state index contributed by atoms with van der Waals surface area (Å²) in [5, 5.41) is 3.30. The van der Waals surface area contributed by atoms with Gasteiger partial charge in [-0.05, 0) is 40.7 Å². The SMILES string of the molecule is CC(=O)Nc1nc2ccc(C(C)C(=O)CCc3ccc(C(C)(C)C)cc3)cc2s1. The molecule has 0 saturated heterocycles. The second kappa shape index (κ2) is 8.46. The molecule has 1 heterocycles. The van der Waals surface area contributed by atoms with Crippen LogP contribution in [0.25, 0.3) is 10.2 Å². The lowest BCUT2D eigenvalue weighted by Crippen LogP contribution is -2.11. The van der Waals surface area contributed by atoms with Crippen LogP contribution in [0.2, 0.25) is 0 Å². The van der Waals surface area contributed by atoms with Gasteiger partial charge in [0.05, 0.1) is 10.2 Å². The highest BCUT2D eigenvalue weighted by Crippen LogP contribution is 2.30. The minimum atomic E-state index is -0.167. The van der Waals surface area contributed by atoms with Gasteiger partial charge in [0.25, 0.3) is 0 Å². The highest BCUT2D eigenvalue weighted by molar-refractivity contribution is 7.22. The van der Waals surface area contributed by atoms with E-state index in [1.807, 2.05) is 25.1 Å². The van der Waals surface area contributed by atoms with Gasteiger partial charge in [-0.2, -0.15) is 0 Å². The summed E-state index contributed by atoms with van der Waals surface area (Å²) in [6, 6.07) is 14.5. The number of fused-ring (bicyclic) bond motifs is 1. The molecule has 29 heavy (non-hydrogen) atoms. The Labute approximate surface area is 176 Å². The maximum Gasteiger partial charge on any atom is 0.223 e. The Hall–Kier alpha value is -2.53. The third-order valence-corrected chi connectivity index (χ3v) is 6.09. The molecule has 1 N–H and O–H groups in total. The Bertz CT molecular complexity index is 1030. The maximum absolute atomic E-state index is 12.8. The zero-order valence-corrected chi connectivity index (χ0v) is 18.5. The summed E-state index contributed by atoms with van der Waals surface area (Å²) < 4.78 is 0.976. The molecule has 1 aromatic heterocycles. The Morgan fingerprint density at radius 3 is 2.41 bits per heavy atom. The number of nitrogens with one attached hydrogen (secondary N) is 1. The van der Waals surface area contributed by atoms with Crippen LogP contribution >= 0.6 is 11.3 Å². The Morgan fingerprint density at radius 1 is 1.10 bits per heavy atom. The first-order chi connectivity index (χ1) is 13.6. The molecule has 0 radical (unpaired) electrons. The van der Waals surface area contributed by atoms with Gasteiger partial charge in [0, 0.05) is 19.3 Å². The number of ketones is 1. The lowest BCUT2D eigenvalue weighted by Gasteiger charge is -2.19. The average Bonchev–Trinajstić information content (AvgIpc) is 3.05. The lowest BCUT2D eigenvalue weighted by molar-refractivity contribution is -0.120. The van der Waals surface area contributed by atoms with Crippen molar-refractivity contribution in [3.05, 3.63) is 59.2 Å². The van der Waals surface area contributed by atoms with E-state index in [0.29, 0.717) is 11.6 Å². The van der Waals surface area contributed by atoms with E-state index >= 15 is 0 Å². The number of carbonyl (C=O) groups excluding carboxylic acids is 2. The van der Waals surface area contributed by atoms with Crippen LogP contribution in [0, 0.1) is 0 Å². The number of rotatable bonds is 6. The fraction of sp³-hybridized carbons (Fsp3) is 0.375. The molecule has 152 valence electrons. The molecule has 1 amide bonds. The molecule has 0 aliphatic rings. The van der Waals surface area contributed by atoms with Crippen LogP contribution in [-0.4, -0.2) is 16.7 Å². The second-order valence-electron chi connectivity index (χ2n) is 8.56. The summed E-state index contributed by atoms with van der Waals surface area (Å²) >= 11 is 1.43. The molecule has 0 bridgehead atoms. The van der Waals surface area contributed by atoms with Crippen molar-refractivity contribution in [2.75, 3.05) is 5.32 Å². The van der Waals surface area contributed by atoms with Gasteiger partial charge in [0.2, 0.25) is 5.91 Å². The van der Waals surface area contributed by atoms with Crippen LogP contribution < -0.4 is 5.32 Å². The van der Waals surface area contributed by atoms with E-state index in [0.717, 1.165) is 22.2 Å². The molecule has 0 saturated carbocycles. The average molecular weight is 409 g/mol. The van der Waals surface area contributed by atoms with Gasteiger partial charge in [0.15, 0.2) is 5.13 Å². The zero-order chi connectivity index (χ0) is 21.2. The van der Waals surface area contributed by atoms with Gasteiger partial charge in [-0.15, -0.1) is 0 Å². The first-order valence-corrected chi connectivity index (χ1v) is 10.8. The van der Waals surface area contributed by atoms with E-state index in [9.17, 15) is 9.59 Å². The van der Waals surface area contributed by atoms with Gasteiger partial charge in [0.1, 0.15) is 5.78 Å². The summed E-state index contributed by atoms with van der Waals surface area (Å²) in [7, 11) is 0. The lowest BCUT2D eigenvalue weighted by atomic mass is 9.86. The summed E-state index contributed by atoms with van der Waals surface area (Å²) in [6.45, 7) is 10.0. The number of nitrogens with zero attached hydrogens (tertiary/aromatic N) is 1. The quantitative estimate of drug-likeness (QED) is 0.556. The van der Waals surface area contributed by atoms with E-state index < -0.39 is 0 Å². The molecular formula is C24H28N2O2S. The van der Waals surface area contributed by atoms with Crippen LogP contribution in [0.3, 0.4) is 0 Å². The monoisotopic (exact) mass is 408 g/mol. The Balaban J connectivity index is 1.65. The van der Waals surface area contributed by atoms with Crippen molar-refractivity contribution in [1.82, 2.24) is 4.98 Å². The fourth-order valence-electron chi connectivity index (χ4n) is 3.26. The number of Topliss-reactive ketones (excluding diaryl/α,β-unsaturated/α-hetero) is 1. The molecule has 0 fully saturated rings. The number of benzene rings is 2. The van der Waals surface area contributed by atoms with Gasteiger partial charge >= 0.3 is 0 Å². The van der Waals surface area contributed by atoms with Crippen LogP contribution in [-0.2, 0) is 21.4 Å². The van der Waals surface area contributed by atoms with Crippen molar-refractivity contribution < 1.29 is 9.59 Å². The Morgan fingerprint density at radius 2 is 1.79 bits per heavy atom. The highest BCUT2D eigenvalue weighted by atomic mass is 32.1. The molecule has 2 aromatic carbocycles. The number of hydrogen-bond donors (Lipinski definition) is 1. The van der Waals surface area contributed by atoms with E-state index in [4.69, 9.17) is 0 Å². The number of amides is 1. The zero-order valence-electron chi connectivity index (χ0n) is 17.7. The van der Waals surface area contributed by atoms with Gasteiger partial charge in [-0.25, -0.2) is 4.98 Å². The van der Waals surface area contributed by atoms with Crippen LogP contribution in [0.5, 0.6) is 0 Å². The van der Waals surface area contributed by atoms with Crippen LogP contribution in [0.15, 0.2) is 42.5 Å². The third kappa shape index (κ3) is 5.30. The first-order valence-electron chi connectivity index (χ1n) is 9.93. The van der Waals surface area contributed by atoms with E-state index in [2.05, 4.69) is 55.3 Å². The normalized spacial score (nSPS) is 12.7. The predicted octanol–water partition coefficient (Wildman–Crippen LogP) is 5.86. The van der Waals surface area contributed by atoms with Crippen molar-refractivity contribution in [3.8, 4) is 0 Å². The largest absolute Gasteiger partial charge is 0.302 e. The number of thiazole rings is 1. The summed E-state index contributed by atoms with van der Waals surface area (Å²) in [6.07, 6.45) is 1.27. The predicted molar refractivity (Wildman–Crippen MR) is 121 cm³/mol. The minimum Gasteiger partial charge on any atom is -0.302 e. The molecule has 1 unspecified atom stereocenters. The molecule has 3 aromatic rings. The topological polar surface area (TPSA) is 59.1 Å².